The van der Waals surface area contributed by atoms with E-state index in [1.165, 1.54) is 0 Å². The van der Waals surface area contributed by atoms with E-state index < -0.39 is 5.54 Å². The van der Waals surface area contributed by atoms with Crippen molar-refractivity contribution in [2.75, 3.05) is 13.2 Å². The van der Waals surface area contributed by atoms with Crippen molar-refractivity contribution in [3.8, 4) is 0 Å². The number of aryl methyl sites for hydroxylation is 2. The van der Waals surface area contributed by atoms with Crippen LogP contribution in [0.25, 0.3) is 0 Å². The minimum Gasteiger partial charge on any atom is -0.377 e. The first-order chi connectivity index (χ1) is 9.41. The van der Waals surface area contributed by atoms with Gasteiger partial charge in [0.1, 0.15) is 5.54 Å². The second-order valence-corrected chi connectivity index (χ2v) is 5.88. The van der Waals surface area contributed by atoms with Crippen LogP contribution in [0.4, 0.5) is 0 Å². The predicted molar refractivity (Wildman–Crippen MR) is 79.4 cm³/mol. The monoisotopic (exact) mass is 276 g/mol. The molecule has 0 saturated carbocycles. The standard InChI is InChI=1S/C16H24N2O2/c1-11-7-12(2)9-13(8-11)16(3,15(17)19)18-10-14-5-4-6-20-14/h7-9,14,18H,4-6,10H2,1-3H3,(H2,17,19). The Morgan fingerprint density at radius 1 is 1.40 bits per heavy atom. The van der Waals surface area contributed by atoms with Gasteiger partial charge in [-0.1, -0.05) is 29.3 Å². The molecule has 4 heteroatoms. The van der Waals surface area contributed by atoms with E-state index in [0.717, 1.165) is 36.1 Å². The largest absolute Gasteiger partial charge is 0.377 e. The molecule has 1 fully saturated rings. The van der Waals surface area contributed by atoms with Crippen LogP contribution in [0.3, 0.4) is 0 Å². The van der Waals surface area contributed by atoms with Crippen LogP contribution >= 0.6 is 0 Å². The lowest BCUT2D eigenvalue weighted by molar-refractivity contribution is -0.124. The summed E-state index contributed by atoms with van der Waals surface area (Å²) in [6.07, 6.45) is 2.30. The first-order valence-electron chi connectivity index (χ1n) is 7.17. The van der Waals surface area contributed by atoms with Gasteiger partial charge in [0.05, 0.1) is 6.10 Å². The summed E-state index contributed by atoms with van der Waals surface area (Å²) in [6, 6.07) is 6.12. The molecule has 0 bridgehead atoms. The molecule has 0 aromatic heterocycles. The Labute approximate surface area is 120 Å². The maximum absolute atomic E-state index is 12.0. The number of nitrogens with two attached hydrogens (primary N) is 1. The third-order valence-electron chi connectivity index (χ3n) is 4.00. The highest BCUT2D eigenvalue weighted by Gasteiger charge is 2.34. The van der Waals surface area contributed by atoms with Gasteiger partial charge in [-0.2, -0.15) is 0 Å². The SMILES string of the molecule is Cc1cc(C)cc(C(C)(NCC2CCCO2)C(N)=O)c1. The van der Waals surface area contributed by atoms with Crippen LogP contribution in [0.2, 0.25) is 0 Å². The van der Waals surface area contributed by atoms with Crippen LogP contribution in [-0.4, -0.2) is 25.2 Å². The molecule has 3 N–H and O–H groups in total. The lowest BCUT2D eigenvalue weighted by Gasteiger charge is -2.30. The van der Waals surface area contributed by atoms with Crippen molar-refractivity contribution in [1.82, 2.24) is 5.32 Å². The number of rotatable bonds is 5. The van der Waals surface area contributed by atoms with E-state index in [9.17, 15) is 4.79 Å². The van der Waals surface area contributed by atoms with E-state index in [1.807, 2.05) is 32.9 Å². The topological polar surface area (TPSA) is 64.3 Å². The van der Waals surface area contributed by atoms with E-state index in [0.29, 0.717) is 6.54 Å². The van der Waals surface area contributed by atoms with E-state index in [2.05, 4.69) is 11.4 Å². The van der Waals surface area contributed by atoms with Crippen LogP contribution in [0.15, 0.2) is 18.2 Å². The smallest absolute Gasteiger partial charge is 0.242 e. The zero-order valence-corrected chi connectivity index (χ0v) is 12.5. The van der Waals surface area contributed by atoms with Gasteiger partial charge in [0, 0.05) is 13.2 Å². The molecule has 1 saturated heterocycles. The van der Waals surface area contributed by atoms with Crippen LogP contribution in [0.5, 0.6) is 0 Å². The van der Waals surface area contributed by atoms with Gasteiger partial charge < -0.3 is 10.5 Å². The summed E-state index contributed by atoms with van der Waals surface area (Å²) >= 11 is 0. The molecule has 1 aliphatic rings. The third-order valence-corrected chi connectivity index (χ3v) is 4.00. The van der Waals surface area contributed by atoms with E-state index in [4.69, 9.17) is 10.5 Å². The van der Waals surface area contributed by atoms with E-state index >= 15 is 0 Å². The summed E-state index contributed by atoms with van der Waals surface area (Å²) in [6.45, 7) is 7.35. The van der Waals surface area contributed by atoms with E-state index in [1.54, 1.807) is 0 Å². The molecular formula is C16H24N2O2. The van der Waals surface area contributed by atoms with Crippen molar-refractivity contribution >= 4 is 5.91 Å². The molecular weight excluding hydrogens is 252 g/mol. The Bertz CT molecular complexity index is 475. The minimum absolute atomic E-state index is 0.180. The van der Waals surface area contributed by atoms with Crippen molar-refractivity contribution in [2.24, 2.45) is 5.73 Å². The van der Waals surface area contributed by atoms with E-state index in [-0.39, 0.29) is 12.0 Å². The number of primary amides is 1. The average Bonchev–Trinajstić information content (AvgIpc) is 2.87. The molecule has 0 radical (unpaired) electrons. The quantitative estimate of drug-likeness (QED) is 0.861. The van der Waals surface area contributed by atoms with Crippen molar-refractivity contribution in [2.45, 2.75) is 45.3 Å². The van der Waals surface area contributed by atoms with Crippen LogP contribution < -0.4 is 11.1 Å². The van der Waals surface area contributed by atoms with Gasteiger partial charge in [0.2, 0.25) is 5.91 Å². The summed E-state index contributed by atoms with van der Waals surface area (Å²) in [5.74, 6) is -0.361. The zero-order valence-electron chi connectivity index (χ0n) is 12.5. The second kappa shape index (κ2) is 5.94. The Balaban J connectivity index is 2.21. The molecule has 1 aromatic rings. The van der Waals surface area contributed by atoms with Gasteiger partial charge in [-0.3, -0.25) is 10.1 Å². The number of hydrogen-bond donors (Lipinski definition) is 2. The zero-order chi connectivity index (χ0) is 14.8. The average molecular weight is 276 g/mol. The number of benzene rings is 1. The van der Waals surface area contributed by atoms with Gasteiger partial charge in [0.25, 0.3) is 0 Å². The van der Waals surface area contributed by atoms with Crippen molar-refractivity contribution < 1.29 is 9.53 Å². The van der Waals surface area contributed by atoms with Gasteiger partial charge in [-0.05, 0) is 39.2 Å². The second-order valence-electron chi connectivity index (χ2n) is 5.88. The molecule has 1 aliphatic heterocycles. The summed E-state index contributed by atoms with van der Waals surface area (Å²) in [7, 11) is 0. The molecule has 0 aliphatic carbocycles. The van der Waals surface area contributed by atoms with Crippen LogP contribution in [0, 0.1) is 13.8 Å². The minimum atomic E-state index is -0.858. The molecule has 2 rings (SSSR count). The summed E-state index contributed by atoms with van der Waals surface area (Å²) in [4.78, 5) is 12.0. The number of amides is 1. The Morgan fingerprint density at radius 3 is 2.55 bits per heavy atom. The molecule has 0 spiro atoms. The van der Waals surface area contributed by atoms with Gasteiger partial charge >= 0.3 is 0 Å². The maximum atomic E-state index is 12.0. The van der Waals surface area contributed by atoms with Gasteiger partial charge in [-0.15, -0.1) is 0 Å². The fourth-order valence-electron chi connectivity index (χ4n) is 2.72. The molecule has 4 nitrogen and oxygen atoms in total. The predicted octanol–water partition coefficient (Wildman–Crippen LogP) is 1.77. The molecule has 1 aromatic carbocycles. The third kappa shape index (κ3) is 3.19. The van der Waals surface area contributed by atoms with Crippen molar-refractivity contribution in [3.05, 3.63) is 34.9 Å². The normalized spacial score (nSPS) is 21.6. The lowest BCUT2D eigenvalue weighted by Crippen LogP contribution is -2.52. The van der Waals surface area contributed by atoms with Gasteiger partial charge in [0.15, 0.2) is 0 Å². The van der Waals surface area contributed by atoms with Crippen molar-refractivity contribution in [3.63, 3.8) is 0 Å². The number of carbonyl (C=O) groups excluding carboxylic acids is 1. The molecule has 1 amide bonds. The number of hydrogen-bond acceptors (Lipinski definition) is 3. The molecule has 2 atom stereocenters. The maximum Gasteiger partial charge on any atom is 0.242 e. The van der Waals surface area contributed by atoms with Crippen molar-refractivity contribution in [1.29, 1.82) is 0 Å². The highest BCUT2D eigenvalue weighted by molar-refractivity contribution is 5.85. The fourth-order valence-corrected chi connectivity index (χ4v) is 2.72. The fraction of sp³-hybridized carbons (Fsp3) is 0.562. The molecule has 110 valence electrons. The van der Waals surface area contributed by atoms with Crippen LogP contribution in [-0.2, 0) is 15.1 Å². The van der Waals surface area contributed by atoms with Crippen LogP contribution in [0.1, 0.15) is 36.5 Å². The first-order valence-corrected chi connectivity index (χ1v) is 7.17. The summed E-state index contributed by atoms with van der Waals surface area (Å²) in [5.41, 5.74) is 7.97. The summed E-state index contributed by atoms with van der Waals surface area (Å²) in [5, 5.41) is 3.31. The lowest BCUT2D eigenvalue weighted by atomic mass is 9.88. The Kier molecular flexibility index (Phi) is 4.45. The number of ether oxygens (including phenoxy) is 1. The van der Waals surface area contributed by atoms with Gasteiger partial charge in [-0.25, -0.2) is 0 Å². The molecule has 20 heavy (non-hydrogen) atoms. The highest BCUT2D eigenvalue weighted by atomic mass is 16.5. The first kappa shape index (κ1) is 15.0. The number of nitrogens with one attached hydrogen (secondary N) is 1. The Morgan fingerprint density at radius 2 is 2.05 bits per heavy atom. The molecule has 2 unspecified atom stereocenters. The Hall–Kier alpha value is -1.39. The summed E-state index contributed by atoms with van der Waals surface area (Å²) < 4.78 is 5.60. The molecule has 1 heterocycles. The number of carbonyl (C=O) groups is 1. The highest BCUT2D eigenvalue weighted by Crippen LogP contribution is 2.24.